The summed E-state index contributed by atoms with van der Waals surface area (Å²) in [6.45, 7) is 9.74. The predicted molar refractivity (Wildman–Crippen MR) is 118 cm³/mol. The van der Waals surface area contributed by atoms with E-state index in [1.165, 1.54) is 0 Å². The lowest BCUT2D eigenvalue weighted by Crippen LogP contribution is -2.45. The van der Waals surface area contributed by atoms with E-state index in [4.69, 9.17) is 9.47 Å². The Morgan fingerprint density at radius 1 is 1.23 bits per heavy atom. The molecule has 0 saturated carbocycles. The van der Waals surface area contributed by atoms with Crippen LogP contribution in [0.3, 0.4) is 0 Å². The lowest BCUT2D eigenvalue weighted by molar-refractivity contribution is 0.0150. The molecular weight excluding hydrogens is 384 g/mol. The third kappa shape index (κ3) is 6.34. The molecule has 0 fully saturated rings. The molecule has 1 aliphatic heterocycles. The van der Waals surface area contributed by atoms with E-state index in [1.54, 1.807) is 37.3 Å². The number of rotatable bonds is 3. The summed E-state index contributed by atoms with van der Waals surface area (Å²) in [6, 6.07) is 4.98. The van der Waals surface area contributed by atoms with Crippen molar-refractivity contribution in [3.05, 3.63) is 23.8 Å². The van der Waals surface area contributed by atoms with E-state index in [-0.39, 0.29) is 36.0 Å². The fourth-order valence-electron chi connectivity index (χ4n) is 3.46. The van der Waals surface area contributed by atoms with Crippen molar-refractivity contribution in [2.75, 3.05) is 46.2 Å². The van der Waals surface area contributed by atoms with Crippen LogP contribution in [-0.4, -0.2) is 80.8 Å². The molecule has 1 heterocycles. The van der Waals surface area contributed by atoms with Gasteiger partial charge in [-0.1, -0.05) is 6.92 Å². The molecule has 0 aliphatic carbocycles. The maximum atomic E-state index is 13.1. The van der Waals surface area contributed by atoms with E-state index in [0.717, 1.165) is 6.54 Å². The lowest BCUT2D eigenvalue weighted by Gasteiger charge is -2.34. The molecule has 0 unspecified atom stereocenters. The molecule has 1 aromatic rings. The van der Waals surface area contributed by atoms with Gasteiger partial charge in [-0.15, -0.1) is 0 Å². The number of amides is 3. The number of fused-ring (bicyclic) bond motifs is 1. The number of carbonyl (C=O) groups excluding carboxylic acids is 2. The van der Waals surface area contributed by atoms with Gasteiger partial charge in [-0.25, -0.2) is 4.79 Å². The summed E-state index contributed by atoms with van der Waals surface area (Å²) in [5, 5.41) is 5.58. The van der Waals surface area contributed by atoms with Crippen molar-refractivity contribution < 1.29 is 19.1 Å². The molecule has 0 spiro atoms. The van der Waals surface area contributed by atoms with E-state index in [0.29, 0.717) is 30.2 Å². The van der Waals surface area contributed by atoms with Crippen LogP contribution in [0.5, 0.6) is 5.75 Å². The second-order valence-electron chi connectivity index (χ2n) is 8.50. The summed E-state index contributed by atoms with van der Waals surface area (Å²) >= 11 is 0. The minimum Gasteiger partial charge on any atom is -0.491 e. The Labute approximate surface area is 179 Å². The van der Waals surface area contributed by atoms with Gasteiger partial charge < -0.3 is 25.0 Å². The molecule has 0 radical (unpaired) electrons. The second kappa shape index (κ2) is 10.6. The Morgan fingerprint density at radius 2 is 1.93 bits per heavy atom. The Balaban J connectivity index is 2.34. The predicted octanol–water partition coefficient (Wildman–Crippen LogP) is 2.65. The van der Waals surface area contributed by atoms with Gasteiger partial charge in [-0.2, -0.15) is 0 Å². The average molecular weight is 421 g/mol. The number of hydrogen-bond donors (Lipinski definition) is 2. The van der Waals surface area contributed by atoms with Crippen LogP contribution in [0.1, 0.15) is 38.1 Å². The van der Waals surface area contributed by atoms with Gasteiger partial charge in [0.1, 0.15) is 12.4 Å². The van der Waals surface area contributed by atoms with Gasteiger partial charge in [-0.05, 0) is 45.9 Å². The van der Waals surface area contributed by atoms with E-state index in [9.17, 15) is 9.59 Å². The molecule has 1 aromatic carbocycles. The van der Waals surface area contributed by atoms with E-state index in [2.05, 4.69) is 36.4 Å². The zero-order valence-electron chi connectivity index (χ0n) is 19.2. The summed E-state index contributed by atoms with van der Waals surface area (Å²) < 4.78 is 11.7. The lowest BCUT2D eigenvalue weighted by atomic mass is 10.0. The molecule has 168 valence electrons. The minimum absolute atomic E-state index is 0.0215. The first kappa shape index (κ1) is 24.0. The largest absolute Gasteiger partial charge is 0.491 e. The maximum Gasteiger partial charge on any atom is 0.319 e. The van der Waals surface area contributed by atoms with E-state index in [1.807, 2.05) is 13.8 Å². The fraction of sp³-hybridized carbons (Fsp3) is 0.636. The molecule has 0 aromatic heterocycles. The normalized spacial score (nSPS) is 23.8. The smallest absolute Gasteiger partial charge is 0.319 e. The summed E-state index contributed by atoms with van der Waals surface area (Å²) in [7, 11) is 5.52. The Hall–Kier alpha value is -2.32. The highest BCUT2D eigenvalue weighted by atomic mass is 16.5. The fourth-order valence-corrected chi connectivity index (χ4v) is 3.46. The van der Waals surface area contributed by atoms with Crippen LogP contribution in [-0.2, 0) is 4.74 Å². The quantitative estimate of drug-likeness (QED) is 0.786. The summed E-state index contributed by atoms with van der Waals surface area (Å²) in [5.74, 6) is 0.568. The number of likely N-dealkylation sites (N-methyl/N-ethyl adjacent to an activating group) is 2. The monoisotopic (exact) mass is 420 g/mol. The van der Waals surface area contributed by atoms with Crippen molar-refractivity contribution in [3.8, 4) is 5.75 Å². The maximum absolute atomic E-state index is 13.1. The van der Waals surface area contributed by atoms with Gasteiger partial charge in [0.2, 0.25) is 0 Å². The molecule has 0 bridgehead atoms. The van der Waals surface area contributed by atoms with Crippen molar-refractivity contribution >= 4 is 17.6 Å². The molecule has 0 saturated heterocycles. The van der Waals surface area contributed by atoms with E-state index < -0.39 is 0 Å². The van der Waals surface area contributed by atoms with Crippen LogP contribution in [0.25, 0.3) is 0 Å². The SMILES string of the molecule is CO[C@H]1CN(C)C(=O)c2ccc(NC(=O)NC(C)C)cc2OC[C@H](C)N(C)C[C@@H]1C. The third-order valence-corrected chi connectivity index (χ3v) is 5.44. The third-order valence-electron chi connectivity index (χ3n) is 5.44. The number of anilines is 1. The van der Waals surface area contributed by atoms with Crippen molar-refractivity contribution in [1.29, 1.82) is 0 Å². The standard InChI is InChI=1S/C22H36N4O4/c1-14(2)23-22(28)24-17-8-9-18-19(10-17)30-13-16(4)25(5)11-15(3)20(29-7)12-26(6)21(18)27/h8-10,14-16,20H,11-13H2,1-7H3,(H2,23,24,28)/t15-,16-,20-/m0/s1. The number of ether oxygens (including phenoxy) is 2. The highest BCUT2D eigenvalue weighted by Gasteiger charge is 2.27. The molecule has 8 nitrogen and oxygen atoms in total. The number of nitrogens with one attached hydrogen (secondary N) is 2. The number of hydrogen-bond acceptors (Lipinski definition) is 5. The van der Waals surface area contributed by atoms with E-state index >= 15 is 0 Å². The molecule has 3 atom stereocenters. The highest BCUT2D eigenvalue weighted by molar-refractivity contribution is 5.98. The number of nitrogens with zero attached hydrogens (tertiary/aromatic N) is 2. The highest BCUT2D eigenvalue weighted by Crippen LogP contribution is 2.26. The van der Waals surface area contributed by atoms with Crippen LogP contribution in [0.2, 0.25) is 0 Å². The zero-order valence-corrected chi connectivity index (χ0v) is 19.2. The average Bonchev–Trinajstić information content (AvgIpc) is 2.67. The topological polar surface area (TPSA) is 83.1 Å². The summed E-state index contributed by atoms with van der Waals surface area (Å²) in [5.41, 5.74) is 1.03. The Kier molecular flexibility index (Phi) is 8.49. The Morgan fingerprint density at radius 3 is 2.57 bits per heavy atom. The van der Waals surface area contributed by atoms with Gasteiger partial charge in [0.15, 0.2) is 0 Å². The first-order valence-electron chi connectivity index (χ1n) is 10.4. The number of carbonyl (C=O) groups is 2. The number of methoxy groups -OCH3 is 1. The van der Waals surface area contributed by atoms with Gasteiger partial charge in [-0.3, -0.25) is 9.69 Å². The molecule has 1 aliphatic rings. The number of benzene rings is 1. The van der Waals surface area contributed by atoms with Crippen LogP contribution in [0.15, 0.2) is 18.2 Å². The Bertz CT molecular complexity index is 740. The van der Waals surface area contributed by atoms with Crippen LogP contribution < -0.4 is 15.4 Å². The van der Waals surface area contributed by atoms with Crippen molar-refractivity contribution in [2.45, 2.75) is 45.9 Å². The number of urea groups is 1. The van der Waals surface area contributed by atoms with Crippen LogP contribution >= 0.6 is 0 Å². The van der Waals surface area contributed by atoms with Crippen molar-refractivity contribution in [2.24, 2.45) is 5.92 Å². The van der Waals surface area contributed by atoms with Crippen LogP contribution in [0.4, 0.5) is 10.5 Å². The summed E-state index contributed by atoms with van der Waals surface area (Å²) in [4.78, 5) is 29.1. The van der Waals surface area contributed by atoms with Gasteiger partial charge in [0.25, 0.3) is 5.91 Å². The summed E-state index contributed by atoms with van der Waals surface area (Å²) in [6.07, 6.45) is -0.0712. The van der Waals surface area contributed by atoms with Crippen molar-refractivity contribution in [3.63, 3.8) is 0 Å². The second-order valence-corrected chi connectivity index (χ2v) is 8.50. The molecular formula is C22H36N4O4. The van der Waals surface area contributed by atoms with Crippen molar-refractivity contribution in [1.82, 2.24) is 15.1 Å². The van der Waals surface area contributed by atoms with Gasteiger partial charge in [0, 0.05) is 51.1 Å². The molecule has 2 rings (SSSR count). The first-order valence-corrected chi connectivity index (χ1v) is 10.4. The van der Waals surface area contributed by atoms with Gasteiger partial charge in [0.05, 0.1) is 11.7 Å². The minimum atomic E-state index is -0.299. The molecule has 8 heteroatoms. The zero-order chi connectivity index (χ0) is 22.4. The molecule has 3 amide bonds. The molecule has 2 N–H and O–H groups in total. The van der Waals surface area contributed by atoms with Gasteiger partial charge >= 0.3 is 6.03 Å². The molecule has 30 heavy (non-hydrogen) atoms. The first-order chi connectivity index (χ1) is 14.1. The van der Waals surface area contributed by atoms with Crippen LogP contribution in [0, 0.1) is 5.92 Å².